The SMILES string of the molecule is BCC(=O)N(CCNC(=O)CC(CC)C(CCCC)CCCCCCC)CC(=O)NCC. The van der Waals surface area contributed by atoms with Crippen LogP contribution >= 0.6 is 0 Å². The number of amides is 3. The van der Waals surface area contributed by atoms with Crippen LogP contribution in [0.2, 0.25) is 6.32 Å². The second-order valence-electron chi connectivity index (χ2n) is 8.95. The average Bonchev–Trinajstić information content (AvgIpc) is 2.78. The van der Waals surface area contributed by atoms with Gasteiger partial charge in [0.2, 0.25) is 17.7 Å². The summed E-state index contributed by atoms with van der Waals surface area (Å²) in [6, 6.07) is 0. The molecule has 0 aliphatic carbocycles. The first-order valence-electron chi connectivity index (χ1n) is 13.2. The van der Waals surface area contributed by atoms with Gasteiger partial charge in [-0.1, -0.05) is 85.0 Å². The first-order chi connectivity index (χ1) is 15.4. The van der Waals surface area contributed by atoms with Crippen LogP contribution in [0.5, 0.6) is 0 Å². The van der Waals surface area contributed by atoms with Gasteiger partial charge in [0, 0.05) is 26.1 Å². The van der Waals surface area contributed by atoms with Gasteiger partial charge in [0.25, 0.3) is 0 Å². The molecule has 0 rings (SSSR count). The van der Waals surface area contributed by atoms with Crippen LogP contribution in [0.15, 0.2) is 0 Å². The lowest BCUT2D eigenvalue weighted by molar-refractivity contribution is -0.134. The molecule has 32 heavy (non-hydrogen) atoms. The summed E-state index contributed by atoms with van der Waals surface area (Å²) in [5, 5.41) is 5.72. The van der Waals surface area contributed by atoms with Gasteiger partial charge >= 0.3 is 0 Å². The van der Waals surface area contributed by atoms with E-state index < -0.39 is 0 Å². The molecule has 0 aromatic carbocycles. The normalized spacial score (nSPS) is 12.8. The zero-order chi connectivity index (χ0) is 24.2. The first-order valence-corrected chi connectivity index (χ1v) is 13.2. The van der Waals surface area contributed by atoms with Crippen molar-refractivity contribution < 1.29 is 14.4 Å². The Balaban J connectivity index is 4.64. The maximum atomic E-state index is 12.7. The second-order valence-corrected chi connectivity index (χ2v) is 8.95. The van der Waals surface area contributed by atoms with Gasteiger partial charge in [-0.2, -0.15) is 0 Å². The third kappa shape index (κ3) is 14.5. The molecule has 0 bridgehead atoms. The van der Waals surface area contributed by atoms with Crippen LogP contribution < -0.4 is 10.6 Å². The van der Waals surface area contributed by atoms with Crippen LogP contribution in [-0.4, -0.2) is 56.6 Å². The zero-order valence-corrected chi connectivity index (χ0v) is 21.6. The molecule has 186 valence electrons. The number of likely N-dealkylation sites (N-methyl/N-ethyl adjacent to an activating group) is 1. The summed E-state index contributed by atoms with van der Waals surface area (Å²) >= 11 is 0. The summed E-state index contributed by atoms with van der Waals surface area (Å²) in [5.74, 6) is 0.856. The molecular formula is C25H50BN3O3. The Labute approximate surface area is 198 Å². The van der Waals surface area contributed by atoms with Crippen molar-refractivity contribution in [3.05, 3.63) is 0 Å². The molecule has 6 nitrogen and oxygen atoms in total. The third-order valence-corrected chi connectivity index (χ3v) is 6.31. The molecule has 0 radical (unpaired) electrons. The van der Waals surface area contributed by atoms with E-state index in [1.165, 1.54) is 62.7 Å². The van der Waals surface area contributed by atoms with E-state index >= 15 is 0 Å². The highest BCUT2D eigenvalue weighted by molar-refractivity contribution is 6.19. The Kier molecular flexibility index (Phi) is 19.1. The smallest absolute Gasteiger partial charge is 0.239 e. The number of hydrogen-bond acceptors (Lipinski definition) is 3. The maximum absolute atomic E-state index is 12.7. The van der Waals surface area contributed by atoms with Gasteiger partial charge in [-0.25, -0.2) is 0 Å². The van der Waals surface area contributed by atoms with Gasteiger partial charge in [0.1, 0.15) is 7.85 Å². The number of rotatable bonds is 20. The highest BCUT2D eigenvalue weighted by Gasteiger charge is 2.22. The molecule has 0 saturated heterocycles. The molecule has 0 spiro atoms. The van der Waals surface area contributed by atoms with Crippen molar-refractivity contribution in [2.75, 3.05) is 26.2 Å². The Morgan fingerprint density at radius 1 is 0.812 bits per heavy atom. The lowest BCUT2D eigenvalue weighted by Crippen LogP contribution is -2.44. The van der Waals surface area contributed by atoms with Crippen molar-refractivity contribution in [2.24, 2.45) is 11.8 Å². The fourth-order valence-electron chi connectivity index (χ4n) is 4.32. The van der Waals surface area contributed by atoms with E-state index in [2.05, 4.69) is 31.4 Å². The Morgan fingerprint density at radius 3 is 2.06 bits per heavy atom. The van der Waals surface area contributed by atoms with Crippen molar-refractivity contribution in [1.82, 2.24) is 15.5 Å². The average molecular weight is 452 g/mol. The van der Waals surface area contributed by atoms with Gasteiger partial charge in [-0.3, -0.25) is 14.4 Å². The van der Waals surface area contributed by atoms with E-state index in [-0.39, 0.29) is 24.3 Å². The minimum Gasteiger partial charge on any atom is -0.355 e. The van der Waals surface area contributed by atoms with Gasteiger partial charge in [-0.05, 0) is 25.1 Å². The summed E-state index contributed by atoms with van der Waals surface area (Å²) in [7, 11) is 1.79. The Morgan fingerprint density at radius 2 is 1.47 bits per heavy atom. The lowest BCUT2D eigenvalue weighted by atomic mass is 9.80. The second kappa shape index (κ2) is 20.1. The molecular weight excluding hydrogens is 401 g/mol. The summed E-state index contributed by atoms with van der Waals surface area (Å²) in [4.78, 5) is 38.2. The van der Waals surface area contributed by atoms with Crippen molar-refractivity contribution in [2.45, 2.75) is 105 Å². The van der Waals surface area contributed by atoms with Gasteiger partial charge in [-0.15, -0.1) is 0 Å². The molecule has 0 aliphatic heterocycles. The maximum Gasteiger partial charge on any atom is 0.239 e. The topological polar surface area (TPSA) is 78.5 Å². The highest BCUT2D eigenvalue weighted by Crippen LogP contribution is 2.30. The fraction of sp³-hybridized carbons (Fsp3) is 0.880. The quantitative estimate of drug-likeness (QED) is 0.219. The van der Waals surface area contributed by atoms with Gasteiger partial charge in [0.05, 0.1) is 6.54 Å². The van der Waals surface area contributed by atoms with E-state index in [4.69, 9.17) is 0 Å². The van der Waals surface area contributed by atoms with Crippen molar-refractivity contribution in [3.63, 3.8) is 0 Å². The first kappa shape index (κ1) is 30.5. The molecule has 2 atom stereocenters. The monoisotopic (exact) mass is 451 g/mol. The number of nitrogens with zero attached hydrogens (tertiary/aromatic N) is 1. The van der Waals surface area contributed by atoms with Gasteiger partial charge in [0.15, 0.2) is 0 Å². The molecule has 3 amide bonds. The number of carbonyl (C=O) groups is 3. The van der Waals surface area contributed by atoms with Crippen LogP contribution in [0.4, 0.5) is 0 Å². The molecule has 0 aliphatic rings. The van der Waals surface area contributed by atoms with Crippen LogP contribution in [-0.2, 0) is 14.4 Å². The van der Waals surface area contributed by atoms with Crippen LogP contribution in [0.3, 0.4) is 0 Å². The van der Waals surface area contributed by atoms with E-state index in [0.717, 1.165) is 6.42 Å². The largest absolute Gasteiger partial charge is 0.355 e. The highest BCUT2D eigenvalue weighted by atomic mass is 16.2. The molecule has 0 aromatic rings. The summed E-state index contributed by atoms with van der Waals surface area (Å²) < 4.78 is 0. The molecule has 0 fully saturated rings. The van der Waals surface area contributed by atoms with Crippen LogP contribution in [0.25, 0.3) is 0 Å². The molecule has 7 heteroatoms. The standard InChI is InChI=1S/C25H50BN3O3/c1-5-9-11-12-13-15-22(14-10-6-2)21(7-3)18-23(30)28-16-17-29(25(32)19-26)20-24(31)27-8-4/h21-22H,5-20,26H2,1-4H3,(H,27,31)(H,28,30). The number of nitrogens with one attached hydrogen (secondary N) is 2. The summed E-state index contributed by atoms with van der Waals surface area (Å²) in [6.45, 7) is 9.86. The summed E-state index contributed by atoms with van der Waals surface area (Å²) in [5.41, 5.74) is 0. The molecule has 2 unspecified atom stereocenters. The lowest BCUT2D eigenvalue weighted by Gasteiger charge is -2.27. The van der Waals surface area contributed by atoms with Gasteiger partial charge < -0.3 is 15.5 Å². The molecule has 0 saturated carbocycles. The molecule has 0 heterocycles. The van der Waals surface area contributed by atoms with E-state index in [0.29, 0.717) is 44.2 Å². The number of unbranched alkanes of at least 4 members (excludes halogenated alkanes) is 5. The minimum absolute atomic E-state index is 0.0467. The predicted molar refractivity (Wildman–Crippen MR) is 136 cm³/mol. The molecule has 2 N–H and O–H groups in total. The van der Waals surface area contributed by atoms with E-state index in [1.54, 1.807) is 7.85 Å². The number of carbonyl (C=O) groups excluding carboxylic acids is 3. The minimum atomic E-state index is -0.163. The zero-order valence-electron chi connectivity index (χ0n) is 21.6. The van der Waals surface area contributed by atoms with Crippen molar-refractivity contribution in [3.8, 4) is 0 Å². The van der Waals surface area contributed by atoms with Crippen molar-refractivity contribution in [1.29, 1.82) is 0 Å². The predicted octanol–water partition coefficient (Wildman–Crippen LogP) is 3.70. The molecule has 0 aromatic heterocycles. The fourth-order valence-corrected chi connectivity index (χ4v) is 4.32. The van der Waals surface area contributed by atoms with E-state index in [1.807, 2.05) is 6.92 Å². The Hall–Kier alpha value is -1.53. The number of hydrogen-bond donors (Lipinski definition) is 2. The van der Waals surface area contributed by atoms with Crippen LogP contribution in [0, 0.1) is 11.8 Å². The van der Waals surface area contributed by atoms with Crippen LogP contribution in [0.1, 0.15) is 98.3 Å². The third-order valence-electron chi connectivity index (χ3n) is 6.31. The summed E-state index contributed by atoms with van der Waals surface area (Å²) in [6.07, 6.45) is 13.2. The van der Waals surface area contributed by atoms with Crippen molar-refractivity contribution >= 4 is 25.6 Å². The van der Waals surface area contributed by atoms with E-state index in [9.17, 15) is 14.4 Å². The Bertz CT molecular complexity index is 517.